The summed E-state index contributed by atoms with van der Waals surface area (Å²) in [5.41, 5.74) is 0.920. The Morgan fingerprint density at radius 1 is 1.55 bits per heavy atom. The molecule has 1 saturated carbocycles. The second-order valence-corrected chi connectivity index (χ2v) is 5.82. The number of carbonyl (C=O) groups is 1. The molecule has 3 rings (SSSR count). The number of hydrogen-bond acceptors (Lipinski definition) is 5. The maximum atomic E-state index is 12.2. The van der Waals surface area contributed by atoms with Crippen LogP contribution in [0.25, 0.3) is 10.6 Å². The highest BCUT2D eigenvalue weighted by atomic mass is 32.1. The Labute approximate surface area is 120 Å². The number of carbonyl (C=O) groups excluding carboxylic acids is 1. The molecule has 0 saturated heterocycles. The lowest BCUT2D eigenvalue weighted by Gasteiger charge is -2.07. The average molecular weight is 284 g/mol. The molecule has 100 valence electrons. The number of nitrogens with one attached hydrogen (secondary N) is 1. The summed E-state index contributed by atoms with van der Waals surface area (Å²) in [6, 6.07) is 5.89. The predicted octanol–water partition coefficient (Wildman–Crippen LogP) is 2.30. The number of hydrogen-bond donors (Lipinski definition) is 1. The van der Waals surface area contributed by atoms with E-state index < -0.39 is 5.54 Å². The van der Waals surface area contributed by atoms with Crippen molar-refractivity contribution in [3.05, 3.63) is 35.1 Å². The number of pyridine rings is 1. The van der Waals surface area contributed by atoms with Crippen molar-refractivity contribution in [3.63, 3.8) is 0 Å². The molecule has 0 unspecified atom stereocenters. The molecule has 1 aliphatic carbocycles. The molecule has 2 heterocycles. The Kier molecular flexibility index (Phi) is 2.99. The van der Waals surface area contributed by atoms with E-state index in [2.05, 4.69) is 21.4 Å². The van der Waals surface area contributed by atoms with Crippen molar-refractivity contribution in [2.45, 2.75) is 25.3 Å². The van der Waals surface area contributed by atoms with E-state index in [9.17, 15) is 4.79 Å². The molecule has 0 radical (unpaired) electrons. The molecule has 1 N–H and O–H groups in total. The second-order valence-electron chi connectivity index (χ2n) is 4.82. The van der Waals surface area contributed by atoms with Gasteiger partial charge in [0, 0.05) is 18.0 Å². The van der Waals surface area contributed by atoms with E-state index in [4.69, 9.17) is 5.26 Å². The molecule has 1 amide bonds. The molecule has 0 aliphatic heterocycles. The standard InChI is InChI=1S/C14H12N4OS/c1-9-11(12(19)18-14(8-15)4-5-14)20-13(17-9)10-3-2-6-16-7-10/h2-3,6-7H,4-5H2,1H3,(H,18,19). The summed E-state index contributed by atoms with van der Waals surface area (Å²) >= 11 is 1.33. The average Bonchev–Trinajstić information content (AvgIpc) is 3.13. The first-order valence-electron chi connectivity index (χ1n) is 6.25. The number of thiazole rings is 1. The van der Waals surface area contributed by atoms with Gasteiger partial charge in [-0.2, -0.15) is 5.26 Å². The highest BCUT2D eigenvalue weighted by Gasteiger charge is 2.45. The van der Waals surface area contributed by atoms with E-state index in [1.165, 1.54) is 11.3 Å². The van der Waals surface area contributed by atoms with Gasteiger partial charge in [0.2, 0.25) is 0 Å². The van der Waals surface area contributed by atoms with E-state index in [1.807, 2.05) is 12.1 Å². The first-order chi connectivity index (χ1) is 9.63. The number of nitriles is 1. The van der Waals surface area contributed by atoms with E-state index in [-0.39, 0.29) is 5.91 Å². The van der Waals surface area contributed by atoms with Gasteiger partial charge in [-0.25, -0.2) is 4.98 Å². The van der Waals surface area contributed by atoms with Crippen molar-refractivity contribution in [3.8, 4) is 16.6 Å². The molecule has 0 atom stereocenters. The molecule has 5 nitrogen and oxygen atoms in total. The fourth-order valence-corrected chi connectivity index (χ4v) is 2.84. The van der Waals surface area contributed by atoms with Crippen molar-refractivity contribution in [1.82, 2.24) is 15.3 Å². The van der Waals surface area contributed by atoms with Crippen molar-refractivity contribution in [2.24, 2.45) is 0 Å². The summed E-state index contributed by atoms with van der Waals surface area (Å²) in [7, 11) is 0. The van der Waals surface area contributed by atoms with Crippen LogP contribution in [-0.4, -0.2) is 21.4 Å². The lowest BCUT2D eigenvalue weighted by Crippen LogP contribution is -2.35. The van der Waals surface area contributed by atoms with Crippen molar-refractivity contribution in [2.75, 3.05) is 0 Å². The molecule has 0 aromatic carbocycles. The fraction of sp³-hybridized carbons (Fsp3) is 0.286. The number of amides is 1. The van der Waals surface area contributed by atoms with Gasteiger partial charge in [-0.3, -0.25) is 9.78 Å². The Hall–Kier alpha value is -2.26. The number of aryl methyl sites for hydroxylation is 1. The van der Waals surface area contributed by atoms with Gasteiger partial charge in [-0.1, -0.05) is 0 Å². The molecular weight excluding hydrogens is 272 g/mol. The van der Waals surface area contributed by atoms with Crippen molar-refractivity contribution < 1.29 is 4.79 Å². The summed E-state index contributed by atoms with van der Waals surface area (Å²) in [5, 5.41) is 12.6. The second kappa shape index (κ2) is 4.69. The topological polar surface area (TPSA) is 78.7 Å². The molecule has 1 aliphatic rings. The Bertz CT molecular complexity index is 698. The zero-order valence-electron chi connectivity index (χ0n) is 10.9. The van der Waals surface area contributed by atoms with Crippen LogP contribution >= 0.6 is 11.3 Å². The van der Waals surface area contributed by atoms with Gasteiger partial charge in [0.15, 0.2) is 0 Å². The minimum atomic E-state index is -0.651. The SMILES string of the molecule is Cc1nc(-c2cccnc2)sc1C(=O)NC1(C#N)CC1. The number of nitrogens with zero attached hydrogens (tertiary/aromatic N) is 3. The smallest absolute Gasteiger partial charge is 0.264 e. The molecule has 6 heteroatoms. The van der Waals surface area contributed by atoms with E-state index in [0.29, 0.717) is 10.6 Å². The zero-order chi connectivity index (χ0) is 14.2. The summed E-state index contributed by atoms with van der Waals surface area (Å²) < 4.78 is 0. The molecule has 20 heavy (non-hydrogen) atoms. The highest BCUT2D eigenvalue weighted by molar-refractivity contribution is 7.17. The van der Waals surface area contributed by atoms with Gasteiger partial charge < -0.3 is 5.32 Å². The van der Waals surface area contributed by atoms with Gasteiger partial charge in [0.25, 0.3) is 5.91 Å². The maximum absolute atomic E-state index is 12.2. The van der Waals surface area contributed by atoms with Crippen molar-refractivity contribution in [1.29, 1.82) is 5.26 Å². The monoisotopic (exact) mass is 284 g/mol. The van der Waals surface area contributed by atoms with E-state index in [0.717, 1.165) is 23.4 Å². The lowest BCUT2D eigenvalue weighted by molar-refractivity contribution is 0.0945. The fourth-order valence-electron chi connectivity index (χ4n) is 1.88. The van der Waals surface area contributed by atoms with Crippen LogP contribution in [0.15, 0.2) is 24.5 Å². The summed E-state index contributed by atoms with van der Waals surface area (Å²) in [4.78, 5) is 21.2. The largest absolute Gasteiger partial charge is 0.333 e. The summed E-state index contributed by atoms with van der Waals surface area (Å²) in [6.07, 6.45) is 4.87. The summed E-state index contributed by atoms with van der Waals surface area (Å²) in [6.45, 7) is 1.80. The molecule has 0 spiro atoms. The van der Waals surface area contributed by atoms with Gasteiger partial charge in [0.05, 0.1) is 11.8 Å². The van der Waals surface area contributed by atoms with Crippen LogP contribution < -0.4 is 5.32 Å². The quantitative estimate of drug-likeness (QED) is 0.938. The maximum Gasteiger partial charge on any atom is 0.264 e. The Balaban J connectivity index is 1.86. The third kappa shape index (κ3) is 2.28. The van der Waals surface area contributed by atoms with Gasteiger partial charge in [-0.05, 0) is 31.9 Å². The van der Waals surface area contributed by atoms with Crippen LogP contribution in [0.1, 0.15) is 28.2 Å². The lowest BCUT2D eigenvalue weighted by atomic mass is 10.3. The Morgan fingerprint density at radius 2 is 2.35 bits per heavy atom. The minimum Gasteiger partial charge on any atom is -0.333 e. The normalized spacial score (nSPS) is 15.4. The van der Waals surface area contributed by atoms with E-state index >= 15 is 0 Å². The van der Waals surface area contributed by atoms with Crippen LogP contribution in [0.4, 0.5) is 0 Å². The van der Waals surface area contributed by atoms with Crippen LogP contribution in [-0.2, 0) is 0 Å². The first kappa shape index (κ1) is 12.8. The van der Waals surface area contributed by atoms with Gasteiger partial charge >= 0.3 is 0 Å². The molecule has 2 aromatic heterocycles. The van der Waals surface area contributed by atoms with Crippen LogP contribution in [0, 0.1) is 18.3 Å². The number of aromatic nitrogens is 2. The summed E-state index contributed by atoms with van der Waals surface area (Å²) in [5.74, 6) is -0.214. The molecule has 1 fully saturated rings. The van der Waals surface area contributed by atoms with Gasteiger partial charge in [0.1, 0.15) is 15.4 Å². The third-order valence-corrected chi connectivity index (χ3v) is 4.43. The zero-order valence-corrected chi connectivity index (χ0v) is 11.7. The van der Waals surface area contributed by atoms with Crippen LogP contribution in [0.3, 0.4) is 0 Å². The highest BCUT2D eigenvalue weighted by Crippen LogP contribution is 2.35. The van der Waals surface area contributed by atoms with Crippen LogP contribution in [0.5, 0.6) is 0 Å². The predicted molar refractivity (Wildman–Crippen MR) is 75.1 cm³/mol. The molecule has 2 aromatic rings. The first-order valence-corrected chi connectivity index (χ1v) is 7.07. The third-order valence-electron chi connectivity index (χ3n) is 3.23. The molecular formula is C14H12N4OS. The Morgan fingerprint density at radius 3 is 2.95 bits per heavy atom. The number of rotatable bonds is 3. The minimum absolute atomic E-state index is 0.214. The van der Waals surface area contributed by atoms with Gasteiger partial charge in [-0.15, -0.1) is 11.3 Å². The van der Waals surface area contributed by atoms with E-state index in [1.54, 1.807) is 19.3 Å². The van der Waals surface area contributed by atoms with Crippen LogP contribution in [0.2, 0.25) is 0 Å². The van der Waals surface area contributed by atoms with Crippen molar-refractivity contribution >= 4 is 17.2 Å². The molecule has 0 bridgehead atoms.